The average molecular weight is 497 g/mol. The Labute approximate surface area is 193 Å². The summed E-state index contributed by atoms with van der Waals surface area (Å²) in [6.07, 6.45) is 0.480. The molecule has 34 heavy (non-hydrogen) atoms. The number of nitrogens with one attached hydrogen (secondary N) is 1. The molecule has 1 atom stereocenters. The van der Waals surface area contributed by atoms with E-state index in [0.29, 0.717) is 12.1 Å². The Morgan fingerprint density at radius 2 is 2.03 bits per heavy atom. The maximum atomic E-state index is 13.1. The van der Waals surface area contributed by atoms with Crippen LogP contribution in [0.25, 0.3) is 11.0 Å². The van der Waals surface area contributed by atoms with Crippen molar-refractivity contribution in [1.29, 1.82) is 0 Å². The monoisotopic (exact) mass is 497 g/mol. The van der Waals surface area contributed by atoms with E-state index in [1.807, 2.05) is 0 Å². The molecule has 0 aliphatic carbocycles. The molecule has 1 N–H and O–H groups in total. The van der Waals surface area contributed by atoms with Gasteiger partial charge in [0.1, 0.15) is 28.2 Å². The molecule has 0 aliphatic rings. The number of nitrogens with zero attached hydrogens (tertiary/aromatic N) is 4. The second-order valence-corrected chi connectivity index (χ2v) is 7.86. The first-order chi connectivity index (χ1) is 16.4. The van der Waals surface area contributed by atoms with E-state index >= 15 is 0 Å². The highest BCUT2D eigenvalue weighted by atomic mass is 32.2. The summed E-state index contributed by atoms with van der Waals surface area (Å²) in [5.41, 5.74) is 0.320. The Morgan fingerprint density at radius 3 is 2.68 bits per heavy atom. The number of halogens is 3. The molecular formula is C20H18F3N5O5S. The van der Waals surface area contributed by atoms with Gasteiger partial charge in [0.25, 0.3) is 17.2 Å². The van der Waals surface area contributed by atoms with Gasteiger partial charge < -0.3 is 23.3 Å². The third kappa shape index (κ3) is 4.68. The predicted molar refractivity (Wildman–Crippen MR) is 114 cm³/mol. The van der Waals surface area contributed by atoms with Crippen LogP contribution in [0.15, 0.2) is 46.1 Å². The molecule has 0 bridgehead atoms. The molecule has 0 saturated heterocycles. The highest BCUT2D eigenvalue weighted by molar-refractivity contribution is 7.93. The molecule has 1 unspecified atom stereocenters. The fourth-order valence-corrected chi connectivity index (χ4v) is 4.25. The highest BCUT2D eigenvalue weighted by Gasteiger charge is 2.31. The van der Waals surface area contributed by atoms with Gasteiger partial charge in [-0.25, -0.2) is 18.2 Å². The smallest absolute Gasteiger partial charge is 0.283 e. The molecular weight excluding hydrogens is 479 g/mol. The number of hydrogen-bond donors (Lipinski definition) is 1. The van der Waals surface area contributed by atoms with E-state index in [1.54, 1.807) is 35.3 Å². The lowest BCUT2D eigenvalue weighted by molar-refractivity contribution is 0.144. The van der Waals surface area contributed by atoms with Gasteiger partial charge in [-0.1, -0.05) is 5.16 Å². The van der Waals surface area contributed by atoms with Gasteiger partial charge >= 0.3 is 0 Å². The lowest BCUT2D eigenvalue weighted by Gasteiger charge is -2.16. The number of anilines is 1. The van der Waals surface area contributed by atoms with E-state index in [9.17, 15) is 17.7 Å². The Kier molecular flexibility index (Phi) is 6.98. The van der Waals surface area contributed by atoms with Crippen LogP contribution in [0, 0.1) is 0 Å². The standard InChI is InChI=1S/C20H18F3N5O5S/c1-30-15-8-12(18(22)23)25-20(31-2)17(15)34(29)27-19-16-13(32-10-21)6-11(7-14(16)33-26-19)9-28-5-3-4-24-28/h3-8,18H,9-10H2,1-2H3,(H,26,27). The first-order valence-corrected chi connectivity index (χ1v) is 10.8. The lowest BCUT2D eigenvalue weighted by Crippen LogP contribution is -2.17. The van der Waals surface area contributed by atoms with Gasteiger partial charge in [0.05, 0.1) is 20.8 Å². The van der Waals surface area contributed by atoms with E-state index in [4.69, 9.17) is 18.7 Å². The van der Waals surface area contributed by atoms with Crippen molar-refractivity contribution >= 4 is 28.1 Å². The number of benzene rings is 1. The van der Waals surface area contributed by atoms with Gasteiger partial charge in [-0.2, -0.15) is 9.82 Å². The van der Waals surface area contributed by atoms with Crippen LogP contribution in [0.3, 0.4) is 0 Å². The Morgan fingerprint density at radius 1 is 1.21 bits per heavy atom. The summed E-state index contributed by atoms with van der Waals surface area (Å²) < 4.78 is 77.4. The van der Waals surface area contributed by atoms with Crippen LogP contribution < -0.4 is 18.9 Å². The van der Waals surface area contributed by atoms with Gasteiger partial charge in [-0.15, -0.1) is 0 Å². The van der Waals surface area contributed by atoms with Crippen LogP contribution in [0.5, 0.6) is 17.4 Å². The summed E-state index contributed by atoms with van der Waals surface area (Å²) in [6.45, 7) is -0.772. The summed E-state index contributed by atoms with van der Waals surface area (Å²) in [6, 6.07) is 5.95. The van der Waals surface area contributed by atoms with Gasteiger partial charge in [0.15, 0.2) is 11.3 Å². The molecule has 180 valence electrons. The van der Waals surface area contributed by atoms with Gasteiger partial charge in [-0.05, 0) is 23.8 Å². The van der Waals surface area contributed by atoms with E-state index in [1.165, 1.54) is 14.2 Å². The number of rotatable bonds is 10. The average Bonchev–Trinajstić information content (AvgIpc) is 3.48. The van der Waals surface area contributed by atoms with Crippen LogP contribution in [0.4, 0.5) is 19.0 Å². The lowest BCUT2D eigenvalue weighted by atomic mass is 10.1. The molecule has 0 fully saturated rings. The van der Waals surface area contributed by atoms with Crippen molar-refractivity contribution in [2.45, 2.75) is 17.9 Å². The van der Waals surface area contributed by atoms with E-state index in [0.717, 1.165) is 6.07 Å². The SMILES string of the molecule is COc1cc(C(F)F)nc(OC)c1[S+]([O-])Nc1noc2cc(Cn3cccn3)cc(OCF)c12. The molecule has 0 spiro atoms. The zero-order chi connectivity index (χ0) is 24.2. The third-order valence-electron chi connectivity index (χ3n) is 4.65. The zero-order valence-electron chi connectivity index (χ0n) is 17.8. The molecule has 3 aromatic heterocycles. The van der Waals surface area contributed by atoms with Crippen LogP contribution in [0.1, 0.15) is 17.7 Å². The minimum absolute atomic E-state index is 0.0375. The quantitative estimate of drug-likeness (QED) is 0.326. The maximum Gasteiger partial charge on any atom is 0.283 e. The van der Waals surface area contributed by atoms with Crippen molar-refractivity contribution in [1.82, 2.24) is 19.9 Å². The van der Waals surface area contributed by atoms with Gasteiger partial charge in [0, 0.05) is 18.5 Å². The molecule has 14 heteroatoms. The highest BCUT2D eigenvalue weighted by Crippen LogP contribution is 2.39. The maximum absolute atomic E-state index is 13.1. The third-order valence-corrected chi connectivity index (χ3v) is 5.78. The molecule has 1 aromatic carbocycles. The summed E-state index contributed by atoms with van der Waals surface area (Å²) in [5.74, 6) is -0.407. The van der Waals surface area contributed by atoms with Crippen LogP contribution >= 0.6 is 0 Å². The minimum atomic E-state index is -2.89. The van der Waals surface area contributed by atoms with Crippen LogP contribution in [-0.2, 0) is 17.9 Å². The fourth-order valence-electron chi connectivity index (χ4n) is 3.22. The molecule has 4 rings (SSSR count). The van der Waals surface area contributed by atoms with Crippen molar-refractivity contribution in [3.63, 3.8) is 0 Å². The number of ether oxygens (including phenoxy) is 3. The summed E-state index contributed by atoms with van der Waals surface area (Å²) in [7, 11) is 2.42. The Balaban J connectivity index is 1.71. The van der Waals surface area contributed by atoms with Crippen LogP contribution in [0.2, 0.25) is 0 Å². The summed E-state index contributed by atoms with van der Waals surface area (Å²) in [4.78, 5) is 3.56. The summed E-state index contributed by atoms with van der Waals surface area (Å²) in [5, 5.41) is 8.22. The summed E-state index contributed by atoms with van der Waals surface area (Å²) >= 11 is -2.15. The number of alkyl halides is 3. The van der Waals surface area contributed by atoms with Crippen molar-refractivity contribution in [2.75, 3.05) is 25.8 Å². The van der Waals surface area contributed by atoms with E-state index < -0.39 is 30.3 Å². The topological polar surface area (TPSA) is 120 Å². The van der Waals surface area contributed by atoms with Gasteiger partial charge in [0.2, 0.25) is 12.7 Å². The number of pyridine rings is 1. The molecule has 0 radical (unpaired) electrons. The molecule has 10 nitrogen and oxygen atoms in total. The zero-order valence-corrected chi connectivity index (χ0v) is 18.6. The number of fused-ring (bicyclic) bond motifs is 1. The second-order valence-electron chi connectivity index (χ2n) is 6.71. The predicted octanol–water partition coefficient (Wildman–Crippen LogP) is 3.86. The van der Waals surface area contributed by atoms with Crippen molar-refractivity contribution in [2.24, 2.45) is 0 Å². The van der Waals surface area contributed by atoms with Gasteiger partial charge in [-0.3, -0.25) is 4.68 Å². The second kappa shape index (κ2) is 10.1. The number of methoxy groups -OCH3 is 2. The Bertz CT molecular complexity index is 1250. The van der Waals surface area contributed by atoms with Crippen molar-refractivity contribution in [3.05, 3.63) is 47.9 Å². The minimum Gasteiger partial charge on any atom is -0.588 e. The van der Waals surface area contributed by atoms with Crippen molar-refractivity contribution < 1.29 is 36.5 Å². The molecule has 3 heterocycles. The van der Waals surface area contributed by atoms with E-state index in [2.05, 4.69) is 20.0 Å². The van der Waals surface area contributed by atoms with Crippen molar-refractivity contribution in [3.8, 4) is 17.4 Å². The number of aromatic nitrogens is 4. The first-order valence-electron chi connectivity index (χ1n) is 9.63. The number of hydrogen-bond acceptors (Lipinski definition) is 9. The molecule has 0 saturated carbocycles. The van der Waals surface area contributed by atoms with Crippen LogP contribution in [-0.4, -0.2) is 45.6 Å². The van der Waals surface area contributed by atoms with E-state index in [-0.39, 0.29) is 39.1 Å². The molecule has 0 aliphatic heterocycles. The first kappa shape index (κ1) is 23.5. The molecule has 4 aromatic rings. The Hall–Kier alpha value is -3.65. The molecule has 0 amide bonds. The fraction of sp³-hybridized carbons (Fsp3) is 0.250. The normalized spacial score (nSPS) is 12.2. The largest absolute Gasteiger partial charge is 0.588 e.